The van der Waals surface area contributed by atoms with E-state index in [4.69, 9.17) is 0 Å². The van der Waals surface area contributed by atoms with E-state index in [9.17, 15) is 4.79 Å². The highest BCUT2D eigenvalue weighted by atomic mass is 127. The third-order valence-corrected chi connectivity index (χ3v) is 5.35. The van der Waals surface area contributed by atoms with Gasteiger partial charge in [-0.1, -0.05) is 6.07 Å². The molecule has 19 heavy (non-hydrogen) atoms. The van der Waals surface area contributed by atoms with Gasteiger partial charge in [0.1, 0.15) is 0 Å². The molecule has 0 saturated carbocycles. The molecule has 1 amide bonds. The van der Waals surface area contributed by atoms with Gasteiger partial charge in [-0.3, -0.25) is 4.79 Å². The van der Waals surface area contributed by atoms with E-state index in [0.717, 1.165) is 28.8 Å². The van der Waals surface area contributed by atoms with Crippen molar-refractivity contribution >= 4 is 28.5 Å². The Morgan fingerprint density at radius 1 is 1.42 bits per heavy atom. The summed E-state index contributed by atoms with van der Waals surface area (Å²) in [5, 5.41) is 3.45. The highest BCUT2D eigenvalue weighted by Crippen LogP contribution is 2.41. The van der Waals surface area contributed by atoms with E-state index in [1.54, 1.807) is 0 Å². The zero-order valence-electron chi connectivity index (χ0n) is 11.3. The third-order valence-electron chi connectivity index (χ3n) is 4.68. The number of amides is 1. The molecule has 0 radical (unpaired) electrons. The molecule has 0 aromatic heterocycles. The van der Waals surface area contributed by atoms with Crippen molar-refractivity contribution in [2.75, 3.05) is 19.6 Å². The van der Waals surface area contributed by atoms with Gasteiger partial charge in [0.25, 0.3) is 5.91 Å². The zero-order chi connectivity index (χ0) is 13.6. The fraction of sp³-hybridized carbons (Fsp3) is 0.533. The van der Waals surface area contributed by atoms with Crippen LogP contribution in [-0.4, -0.2) is 36.0 Å². The Hall–Kier alpha value is -0.620. The van der Waals surface area contributed by atoms with E-state index in [2.05, 4.69) is 46.7 Å². The number of hydrogen-bond acceptors (Lipinski definition) is 2. The molecule has 102 valence electrons. The number of carbonyl (C=O) groups is 1. The number of benzene rings is 1. The van der Waals surface area contributed by atoms with Gasteiger partial charge >= 0.3 is 0 Å². The quantitative estimate of drug-likeness (QED) is 0.770. The molecule has 2 saturated heterocycles. The normalized spacial score (nSPS) is 28.5. The molecule has 1 aromatic carbocycles. The van der Waals surface area contributed by atoms with Gasteiger partial charge in [-0.2, -0.15) is 0 Å². The van der Waals surface area contributed by atoms with Gasteiger partial charge in [0.2, 0.25) is 0 Å². The minimum atomic E-state index is -0.0491. The maximum absolute atomic E-state index is 12.7. The van der Waals surface area contributed by atoms with Crippen LogP contribution in [0.4, 0.5) is 0 Å². The lowest BCUT2D eigenvalue weighted by Crippen LogP contribution is -2.47. The lowest BCUT2D eigenvalue weighted by atomic mass is 9.84. The second kappa shape index (κ2) is 4.74. The Bertz CT molecular complexity index is 515. The van der Waals surface area contributed by atoms with Crippen LogP contribution in [0, 0.1) is 15.4 Å². The Labute approximate surface area is 127 Å². The van der Waals surface area contributed by atoms with Crippen molar-refractivity contribution in [3.8, 4) is 0 Å². The topological polar surface area (TPSA) is 32.3 Å². The van der Waals surface area contributed by atoms with Crippen molar-refractivity contribution in [1.82, 2.24) is 10.2 Å². The number of halogens is 1. The van der Waals surface area contributed by atoms with Crippen LogP contribution in [0.2, 0.25) is 0 Å². The monoisotopic (exact) mass is 370 g/mol. The molecule has 0 spiro atoms. The van der Waals surface area contributed by atoms with E-state index in [-0.39, 0.29) is 11.4 Å². The Morgan fingerprint density at radius 3 is 2.89 bits per heavy atom. The van der Waals surface area contributed by atoms with Crippen LogP contribution in [0.1, 0.15) is 24.2 Å². The van der Waals surface area contributed by atoms with E-state index in [0.29, 0.717) is 11.8 Å². The SMILES string of the molecule is CC1(C)C2CNCC2CN1C(=O)c1cccc(I)c1. The maximum atomic E-state index is 12.7. The minimum Gasteiger partial charge on any atom is -0.333 e. The van der Waals surface area contributed by atoms with Gasteiger partial charge in [-0.25, -0.2) is 0 Å². The Kier molecular flexibility index (Phi) is 3.33. The number of likely N-dealkylation sites (tertiary alicyclic amines) is 1. The first-order chi connectivity index (χ1) is 9.00. The van der Waals surface area contributed by atoms with Crippen LogP contribution in [0.5, 0.6) is 0 Å². The first-order valence-electron chi connectivity index (χ1n) is 6.78. The molecule has 2 aliphatic rings. The first-order valence-corrected chi connectivity index (χ1v) is 7.86. The summed E-state index contributed by atoms with van der Waals surface area (Å²) < 4.78 is 1.11. The standard InChI is InChI=1S/C15H19IN2O/c1-15(2)13-8-17-7-11(13)9-18(15)14(19)10-4-3-5-12(16)6-10/h3-6,11,13,17H,7-9H2,1-2H3. The predicted octanol–water partition coefficient (Wildman–Crippen LogP) is 2.36. The minimum absolute atomic E-state index is 0.0491. The lowest BCUT2D eigenvalue weighted by molar-refractivity contribution is 0.0603. The Balaban J connectivity index is 1.88. The number of fused-ring (bicyclic) bond motifs is 1. The van der Waals surface area contributed by atoms with E-state index >= 15 is 0 Å². The fourth-order valence-electron chi connectivity index (χ4n) is 3.54. The van der Waals surface area contributed by atoms with Crippen molar-refractivity contribution in [2.45, 2.75) is 19.4 Å². The molecule has 2 heterocycles. The van der Waals surface area contributed by atoms with Gasteiger partial charge in [0.15, 0.2) is 0 Å². The molecular weight excluding hydrogens is 351 g/mol. The van der Waals surface area contributed by atoms with Gasteiger partial charge in [0, 0.05) is 34.3 Å². The Morgan fingerprint density at radius 2 is 2.21 bits per heavy atom. The van der Waals surface area contributed by atoms with Crippen molar-refractivity contribution in [3.63, 3.8) is 0 Å². The van der Waals surface area contributed by atoms with Crippen LogP contribution in [0.25, 0.3) is 0 Å². The van der Waals surface area contributed by atoms with Crippen LogP contribution < -0.4 is 5.32 Å². The lowest BCUT2D eigenvalue weighted by Gasteiger charge is -2.35. The average molecular weight is 370 g/mol. The first kappa shape index (κ1) is 13.4. The second-order valence-electron chi connectivity index (χ2n) is 6.10. The molecule has 1 aromatic rings. The summed E-state index contributed by atoms with van der Waals surface area (Å²) in [6, 6.07) is 7.88. The highest BCUT2D eigenvalue weighted by Gasteiger charge is 2.51. The number of rotatable bonds is 1. The number of hydrogen-bond donors (Lipinski definition) is 1. The molecule has 1 N–H and O–H groups in total. The van der Waals surface area contributed by atoms with E-state index < -0.39 is 0 Å². The summed E-state index contributed by atoms with van der Waals surface area (Å²) in [5.74, 6) is 1.37. The molecule has 3 rings (SSSR count). The van der Waals surface area contributed by atoms with E-state index in [1.807, 2.05) is 24.3 Å². The molecule has 2 fully saturated rings. The third kappa shape index (κ3) is 2.18. The number of nitrogens with zero attached hydrogens (tertiary/aromatic N) is 1. The van der Waals surface area contributed by atoms with Gasteiger partial charge < -0.3 is 10.2 Å². The predicted molar refractivity (Wildman–Crippen MR) is 84.1 cm³/mol. The highest BCUT2D eigenvalue weighted by molar-refractivity contribution is 14.1. The summed E-state index contributed by atoms with van der Waals surface area (Å²) in [6.45, 7) is 7.37. The smallest absolute Gasteiger partial charge is 0.254 e. The largest absolute Gasteiger partial charge is 0.333 e. The van der Waals surface area contributed by atoms with Crippen LogP contribution in [-0.2, 0) is 0 Å². The summed E-state index contributed by atoms with van der Waals surface area (Å²) in [5.41, 5.74) is 0.764. The molecule has 0 bridgehead atoms. The van der Waals surface area contributed by atoms with Crippen LogP contribution in [0.15, 0.2) is 24.3 Å². The molecule has 2 unspecified atom stereocenters. The van der Waals surface area contributed by atoms with Gasteiger partial charge in [-0.05, 0) is 66.5 Å². The molecule has 2 aliphatic heterocycles. The van der Waals surface area contributed by atoms with Crippen LogP contribution in [0.3, 0.4) is 0 Å². The summed E-state index contributed by atoms with van der Waals surface area (Å²) in [7, 11) is 0. The van der Waals surface area contributed by atoms with Gasteiger partial charge in [0.05, 0.1) is 0 Å². The number of nitrogens with one attached hydrogen (secondary N) is 1. The van der Waals surface area contributed by atoms with E-state index in [1.165, 1.54) is 0 Å². The molecule has 2 atom stereocenters. The second-order valence-corrected chi connectivity index (χ2v) is 7.35. The average Bonchev–Trinajstić information content (AvgIpc) is 2.91. The molecule has 0 aliphatic carbocycles. The molecular formula is C15H19IN2O. The number of carbonyl (C=O) groups excluding carboxylic acids is 1. The maximum Gasteiger partial charge on any atom is 0.254 e. The van der Waals surface area contributed by atoms with Crippen LogP contribution >= 0.6 is 22.6 Å². The molecule has 3 nitrogen and oxygen atoms in total. The van der Waals surface area contributed by atoms with Crippen molar-refractivity contribution < 1.29 is 4.79 Å². The zero-order valence-corrected chi connectivity index (χ0v) is 13.5. The summed E-state index contributed by atoms with van der Waals surface area (Å²) in [4.78, 5) is 14.8. The van der Waals surface area contributed by atoms with Crippen molar-refractivity contribution in [3.05, 3.63) is 33.4 Å². The summed E-state index contributed by atoms with van der Waals surface area (Å²) >= 11 is 2.26. The summed E-state index contributed by atoms with van der Waals surface area (Å²) in [6.07, 6.45) is 0. The van der Waals surface area contributed by atoms with Gasteiger partial charge in [-0.15, -0.1) is 0 Å². The van der Waals surface area contributed by atoms with Crippen molar-refractivity contribution in [1.29, 1.82) is 0 Å². The molecule has 4 heteroatoms. The fourth-order valence-corrected chi connectivity index (χ4v) is 4.09. The van der Waals surface area contributed by atoms with Crippen molar-refractivity contribution in [2.24, 2.45) is 11.8 Å².